The number of anilines is 1. The fourth-order valence-electron chi connectivity index (χ4n) is 2.42. The molecule has 7 nitrogen and oxygen atoms in total. The van der Waals surface area contributed by atoms with Crippen molar-refractivity contribution >= 4 is 40.9 Å². The molecule has 1 aromatic heterocycles. The van der Waals surface area contributed by atoms with Gasteiger partial charge in [-0.2, -0.15) is 13.2 Å². The molecular weight excluding hydrogens is 476 g/mol. The predicted octanol–water partition coefficient (Wildman–Crippen LogP) is 4.54. The van der Waals surface area contributed by atoms with Crippen LogP contribution in [-0.2, 0) is 17.5 Å². The molecule has 0 bridgehead atoms. The maximum Gasteiger partial charge on any atom is 0.416 e. The number of benzene rings is 2. The summed E-state index contributed by atoms with van der Waals surface area (Å²) in [5.74, 6) is -2.37. The molecule has 1 heterocycles. The first-order valence-electron chi connectivity index (χ1n) is 8.78. The first-order chi connectivity index (χ1) is 15.1. The van der Waals surface area contributed by atoms with Gasteiger partial charge in [0.2, 0.25) is 11.8 Å². The van der Waals surface area contributed by atoms with Gasteiger partial charge in [0.1, 0.15) is 5.82 Å². The minimum absolute atomic E-state index is 0.00244. The van der Waals surface area contributed by atoms with Crippen molar-refractivity contribution in [2.45, 2.75) is 17.9 Å². The zero-order valence-corrected chi connectivity index (χ0v) is 17.4. The lowest BCUT2D eigenvalue weighted by Crippen LogP contribution is -2.24. The van der Waals surface area contributed by atoms with E-state index in [4.69, 9.17) is 16.0 Å². The van der Waals surface area contributed by atoms with Crippen LogP contribution >= 0.6 is 23.4 Å². The summed E-state index contributed by atoms with van der Waals surface area (Å²) in [6.07, 6.45) is -4.53. The molecule has 2 N–H and O–H groups in total. The van der Waals surface area contributed by atoms with Crippen molar-refractivity contribution in [2.75, 3.05) is 11.1 Å². The van der Waals surface area contributed by atoms with Crippen LogP contribution in [0.4, 0.5) is 23.2 Å². The van der Waals surface area contributed by atoms with Crippen molar-refractivity contribution in [1.29, 1.82) is 0 Å². The summed E-state index contributed by atoms with van der Waals surface area (Å²) < 4.78 is 57.2. The third-order valence-electron chi connectivity index (χ3n) is 3.84. The molecular formula is C19H13ClF4N4O3S. The number of nitrogens with zero attached hydrogens (tertiary/aromatic N) is 2. The van der Waals surface area contributed by atoms with E-state index in [-0.39, 0.29) is 39.7 Å². The highest BCUT2D eigenvalue weighted by Gasteiger charge is 2.30. The van der Waals surface area contributed by atoms with E-state index < -0.39 is 29.4 Å². The molecule has 168 valence electrons. The number of nitrogens with one attached hydrogen (secondary N) is 2. The SMILES string of the molecule is O=C(CSc1nnc(CNC(=O)c2c(F)cccc2Cl)o1)Nc1cccc(C(F)(F)F)c1. The highest BCUT2D eigenvalue weighted by atomic mass is 35.5. The summed E-state index contributed by atoms with van der Waals surface area (Å²) in [4.78, 5) is 24.1. The van der Waals surface area contributed by atoms with Gasteiger partial charge in [-0.25, -0.2) is 4.39 Å². The topological polar surface area (TPSA) is 97.1 Å². The van der Waals surface area contributed by atoms with Crippen molar-refractivity contribution in [3.8, 4) is 0 Å². The number of hydrogen-bond donors (Lipinski definition) is 2. The molecule has 3 rings (SSSR count). The van der Waals surface area contributed by atoms with E-state index in [1.807, 2.05) is 0 Å². The molecule has 0 aliphatic rings. The van der Waals surface area contributed by atoms with Gasteiger partial charge in [0, 0.05) is 5.69 Å². The number of amides is 2. The van der Waals surface area contributed by atoms with Crippen LogP contribution < -0.4 is 10.6 Å². The van der Waals surface area contributed by atoms with Crippen LogP contribution in [0.25, 0.3) is 0 Å². The van der Waals surface area contributed by atoms with Gasteiger partial charge in [-0.3, -0.25) is 9.59 Å². The van der Waals surface area contributed by atoms with Crippen LogP contribution in [-0.4, -0.2) is 27.8 Å². The second-order valence-electron chi connectivity index (χ2n) is 6.16. The lowest BCUT2D eigenvalue weighted by atomic mass is 10.2. The summed E-state index contributed by atoms with van der Waals surface area (Å²) >= 11 is 6.67. The van der Waals surface area contributed by atoms with Crippen LogP contribution in [0.2, 0.25) is 5.02 Å². The average molecular weight is 489 g/mol. The molecule has 13 heteroatoms. The predicted molar refractivity (Wildman–Crippen MR) is 108 cm³/mol. The van der Waals surface area contributed by atoms with Crippen molar-refractivity contribution in [1.82, 2.24) is 15.5 Å². The Hall–Kier alpha value is -3.12. The second-order valence-corrected chi connectivity index (χ2v) is 7.49. The van der Waals surface area contributed by atoms with Crippen molar-refractivity contribution in [3.05, 3.63) is 70.3 Å². The summed E-state index contributed by atoms with van der Waals surface area (Å²) in [5, 5.41) is 12.1. The summed E-state index contributed by atoms with van der Waals surface area (Å²) in [6, 6.07) is 8.03. The average Bonchev–Trinajstić information content (AvgIpc) is 3.18. The van der Waals surface area contributed by atoms with E-state index >= 15 is 0 Å². The number of hydrogen-bond acceptors (Lipinski definition) is 6. The molecule has 0 saturated heterocycles. The van der Waals surface area contributed by atoms with Crippen molar-refractivity contribution in [2.24, 2.45) is 0 Å². The Labute approximate surface area is 187 Å². The lowest BCUT2D eigenvalue weighted by Gasteiger charge is -2.09. The van der Waals surface area contributed by atoms with Gasteiger partial charge in [-0.1, -0.05) is 35.5 Å². The smallest absolute Gasteiger partial charge is 0.414 e. The van der Waals surface area contributed by atoms with E-state index in [1.165, 1.54) is 24.3 Å². The molecule has 0 aliphatic heterocycles. The van der Waals surface area contributed by atoms with Gasteiger partial charge < -0.3 is 15.1 Å². The Morgan fingerprint density at radius 1 is 1.12 bits per heavy atom. The van der Waals surface area contributed by atoms with Gasteiger partial charge in [-0.15, -0.1) is 10.2 Å². The quantitative estimate of drug-likeness (QED) is 0.374. The molecule has 2 aromatic carbocycles. The maximum atomic E-state index is 13.7. The van der Waals surface area contributed by atoms with Crippen LogP contribution in [0.15, 0.2) is 52.1 Å². The van der Waals surface area contributed by atoms with Gasteiger partial charge in [0.15, 0.2) is 0 Å². The molecule has 0 aliphatic carbocycles. The number of carbonyl (C=O) groups is 2. The fourth-order valence-corrected chi connectivity index (χ4v) is 3.25. The van der Waals surface area contributed by atoms with Gasteiger partial charge >= 0.3 is 6.18 Å². The third-order valence-corrected chi connectivity index (χ3v) is 4.97. The standard InChI is InChI=1S/C19H13ClF4N4O3S/c20-12-5-2-6-13(21)16(12)17(30)25-8-15-27-28-18(31-15)32-9-14(29)26-11-4-1-3-10(7-11)19(22,23)24/h1-7H,8-9H2,(H,25,30)(H,26,29). The van der Waals surface area contributed by atoms with E-state index in [0.717, 1.165) is 30.0 Å². The monoisotopic (exact) mass is 488 g/mol. The van der Waals surface area contributed by atoms with Gasteiger partial charge in [0.25, 0.3) is 11.1 Å². The molecule has 0 atom stereocenters. The number of aromatic nitrogens is 2. The number of thioether (sulfide) groups is 1. The normalized spacial score (nSPS) is 11.3. The van der Waals surface area contributed by atoms with E-state index in [0.29, 0.717) is 0 Å². The van der Waals surface area contributed by atoms with E-state index in [1.54, 1.807) is 0 Å². The Balaban J connectivity index is 1.50. The molecule has 2 amide bonds. The molecule has 0 radical (unpaired) electrons. The minimum atomic E-state index is -4.53. The van der Waals surface area contributed by atoms with Crippen LogP contribution in [0, 0.1) is 5.82 Å². The maximum absolute atomic E-state index is 13.7. The number of rotatable bonds is 7. The highest BCUT2D eigenvalue weighted by Crippen LogP contribution is 2.30. The van der Waals surface area contributed by atoms with Gasteiger partial charge in [0.05, 0.1) is 28.4 Å². The first-order valence-corrected chi connectivity index (χ1v) is 10.1. The summed E-state index contributed by atoms with van der Waals surface area (Å²) in [6.45, 7) is -0.215. The van der Waals surface area contributed by atoms with Crippen molar-refractivity contribution < 1.29 is 31.6 Å². The van der Waals surface area contributed by atoms with Crippen LogP contribution in [0.3, 0.4) is 0 Å². The Bertz CT molecular complexity index is 1120. The fraction of sp³-hybridized carbons (Fsp3) is 0.158. The highest BCUT2D eigenvalue weighted by molar-refractivity contribution is 7.99. The second kappa shape index (κ2) is 10.0. The number of carbonyl (C=O) groups excluding carboxylic acids is 2. The summed E-state index contributed by atoms with van der Waals surface area (Å²) in [7, 11) is 0. The number of alkyl halides is 3. The molecule has 0 unspecified atom stereocenters. The molecule has 32 heavy (non-hydrogen) atoms. The zero-order valence-electron chi connectivity index (χ0n) is 15.9. The first kappa shape index (κ1) is 23.5. The largest absolute Gasteiger partial charge is 0.416 e. The van der Waals surface area contributed by atoms with E-state index in [2.05, 4.69) is 20.8 Å². The minimum Gasteiger partial charge on any atom is -0.414 e. The molecule has 0 saturated carbocycles. The van der Waals surface area contributed by atoms with Crippen LogP contribution in [0.5, 0.6) is 0 Å². The third kappa shape index (κ3) is 6.20. The van der Waals surface area contributed by atoms with Crippen molar-refractivity contribution in [3.63, 3.8) is 0 Å². The Kier molecular flexibility index (Phi) is 7.36. The van der Waals surface area contributed by atoms with E-state index in [9.17, 15) is 27.2 Å². The number of halogens is 5. The Morgan fingerprint density at radius 2 is 1.88 bits per heavy atom. The molecule has 0 spiro atoms. The lowest BCUT2D eigenvalue weighted by molar-refractivity contribution is -0.137. The summed E-state index contributed by atoms with van der Waals surface area (Å²) in [5.41, 5.74) is -1.22. The van der Waals surface area contributed by atoms with Gasteiger partial charge in [-0.05, 0) is 30.3 Å². The van der Waals surface area contributed by atoms with Crippen LogP contribution in [0.1, 0.15) is 21.8 Å². The Morgan fingerprint density at radius 3 is 2.59 bits per heavy atom. The molecule has 0 fully saturated rings. The molecule has 3 aromatic rings. The zero-order chi connectivity index (χ0) is 23.3.